The molecule has 1 saturated heterocycles. The molecule has 0 radical (unpaired) electrons. The van der Waals surface area contributed by atoms with Gasteiger partial charge in [-0.3, -0.25) is 14.5 Å². The summed E-state index contributed by atoms with van der Waals surface area (Å²) < 4.78 is 5.15. The van der Waals surface area contributed by atoms with Crippen LogP contribution >= 0.6 is 0 Å². The molecule has 1 aliphatic heterocycles. The molecular weight excluding hydrogens is 318 g/mol. The van der Waals surface area contributed by atoms with Crippen LogP contribution in [-0.4, -0.2) is 61.4 Å². The number of amides is 2. The summed E-state index contributed by atoms with van der Waals surface area (Å²) >= 11 is 0. The second-order valence-electron chi connectivity index (χ2n) is 6.65. The van der Waals surface area contributed by atoms with E-state index in [2.05, 4.69) is 12.2 Å². The smallest absolute Gasteiger partial charge is 0.238 e. The topological polar surface area (TPSA) is 61.9 Å². The van der Waals surface area contributed by atoms with Crippen LogP contribution in [0.1, 0.15) is 26.7 Å². The molecular formula is C19H29N3O3. The van der Waals surface area contributed by atoms with Crippen LogP contribution in [0.25, 0.3) is 0 Å². The quantitative estimate of drug-likeness (QED) is 0.821. The van der Waals surface area contributed by atoms with Gasteiger partial charge in [0.2, 0.25) is 11.8 Å². The lowest BCUT2D eigenvalue weighted by molar-refractivity contribution is -0.134. The number of ether oxygens (including phenoxy) is 1. The maximum atomic E-state index is 12.4. The lowest BCUT2D eigenvalue weighted by atomic mass is 9.99. The molecule has 1 aliphatic rings. The Bertz CT molecular complexity index is 583. The molecule has 6 heteroatoms. The number of nitrogens with one attached hydrogen (secondary N) is 1. The van der Waals surface area contributed by atoms with Crippen molar-refractivity contribution in [2.24, 2.45) is 5.92 Å². The van der Waals surface area contributed by atoms with Crippen LogP contribution < -0.4 is 10.1 Å². The van der Waals surface area contributed by atoms with Crippen molar-refractivity contribution in [2.45, 2.75) is 26.7 Å². The Hall–Kier alpha value is -2.08. The van der Waals surface area contributed by atoms with Crippen molar-refractivity contribution in [3.63, 3.8) is 0 Å². The minimum absolute atomic E-state index is 0.114. The number of carbonyl (C=O) groups is 2. The fraction of sp³-hybridized carbons (Fsp3) is 0.579. The molecule has 0 spiro atoms. The highest BCUT2D eigenvalue weighted by Gasteiger charge is 2.22. The van der Waals surface area contributed by atoms with Gasteiger partial charge in [-0.15, -0.1) is 0 Å². The number of methoxy groups -OCH3 is 1. The van der Waals surface area contributed by atoms with E-state index in [1.54, 1.807) is 13.2 Å². The highest BCUT2D eigenvalue weighted by atomic mass is 16.5. The Morgan fingerprint density at radius 3 is 2.64 bits per heavy atom. The number of anilines is 1. The van der Waals surface area contributed by atoms with Gasteiger partial charge in [-0.05, 0) is 37.4 Å². The Morgan fingerprint density at radius 2 is 2.00 bits per heavy atom. The molecule has 1 aromatic carbocycles. The number of likely N-dealkylation sites (tertiary alicyclic amines) is 1. The van der Waals surface area contributed by atoms with Crippen LogP contribution in [0.2, 0.25) is 0 Å². The van der Waals surface area contributed by atoms with E-state index in [-0.39, 0.29) is 24.9 Å². The minimum Gasteiger partial charge on any atom is -0.497 e. The first-order valence-electron chi connectivity index (χ1n) is 8.95. The van der Waals surface area contributed by atoms with Gasteiger partial charge in [0.05, 0.1) is 20.2 Å². The Kier molecular flexibility index (Phi) is 7.25. The fourth-order valence-electron chi connectivity index (χ4n) is 2.93. The molecule has 1 aromatic rings. The van der Waals surface area contributed by atoms with Crippen molar-refractivity contribution in [1.29, 1.82) is 0 Å². The number of piperidine rings is 1. The molecule has 6 nitrogen and oxygen atoms in total. The highest BCUT2D eigenvalue weighted by molar-refractivity contribution is 5.92. The predicted molar refractivity (Wildman–Crippen MR) is 98.7 cm³/mol. The summed E-state index contributed by atoms with van der Waals surface area (Å²) in [5.41, 5.74) is 0.691. The average molecular weight is 347 g/mol. The molecule has 1 heterocycles. The van der Waals surface area contributed by atoms with E-state index >= 15 is 0 Å². The molecule has 2 rings (SSSR count). The lowest BCUT2D eigenvalue weighted by Crippen LogP contribution is -2.45. The zero-order valence-electron chi connectivity index (χ0n) is 15.5. The van der Waals surface area contributed by atoms with Crippen molar-refractivity contribution < 1.29 is 14.3 Å². The largest absolute Gasteiger partial charge is 0.497 e. The van der Waals surface area contributed by atoms with Crippen LogP contribution in [-0.2, 0) is 9.59 Å². The summed E-state index contributed by atoms with van der Waals surface area (Å²) in [5.74, 6) is 1.37. The van der Waals surface area contributed by atoms with Crippen LogP contribution in [0.15, 0.2) is 24.3 Å². The number of benzene rings is 1. The SMILES string of the molecule is CCN(CC(=O)Nc1cccc(OC)c1)CC(=O)N1CCC(C)CC1. The zero-order valence-corrected chi connectivity index (χ0v) is 15.5. The molecule has 25 heavy (non-hydrogen) atoms. The fourth-order valence-corrected chi connectivity index (χ4v) is 2.93. The Labute approximate surface area is 150 Å². The van der Waals surface area contributed by atoms with Crippen LogP contribution in [0, 0.1) is 5.92 Å². The number of hydrogen-bond donors (Lipinski definition) is 1. The molecule has 1 N–H and O–H groups in total. The van der Waals surface area contributed by atoms with E-state index in [0.717, 1.165) is 25.9 Å². The van der Waals surface area contributed by atoms with Crippen molar-refractivity contribution in [3.05, 3.63) is 24.3 Å². The van der Waals surface area contributed by atoms with E-state index in [1.807, 2.05) is 34.9 Å². The van der Waals surface area contributed by atoms with Crippen LogP contribution in [0.4, 0.5) is 5.69 Å². The van der Waals surface area contributed by atoms with E-state index in [4.69, 9.17) is 4.74 Å². The first kappa shape index (κ1) is 19.2. The van der Waals surface area contributed by atoms with Gasteiger partial charge in [-0.25, -0.2) is 0 Å². The molecule has 1 fully saturated rings. The highest BCUT2D eigenvalue weighted by Crippen LogP contribution is 2.17. The number of likely N-dealkylation sites (N-methyl/N-ethyl adjacent to an activating group) is 1. The number of rotatable bonds is 7. The van der Waals surface area contributed by atoms with Crippen LogP contribution in [0.3, 0.4) is 0 Å². The monoisotopic (exact) mass is 347 g/mol. The average Bonchev–Trinajstić information content (AvgIpc) is 2.61. The predicted octanol–water partition coefficient (Wildman–Crippen LogP) is 2.21. The van der Waals surface area contributed by atoms with Crippen molar-refractivity contribution >= 4 is 17.5 Å². The molecule has 0 aliphatic carbocycles. The number of carbonyl (C=O) groups excluding carboxylic acids is 2. The standard InChI is InChI=1S/C19H29N3O3/c1-4-21(14-19(24)22-10-8-15(2)9-11-22)13-18(23)20-16-6-5-7-17(12-16)25-3/h5-7,12,15H,4,8-11,13-14H2,1-3H3,(H,20,23). The molecule has 2 amide bonds. The number of nitrogens with zero attached hydrogens (tertiary/aromatic N) is 2. The summed E-state index contributed by atoms with van der Waals surface area (Å²) in [6.45, 7) is 6.98. The van der Waals surface area contributed by atoms with Crippen molar-refractivity contribution in [2.75, 3.05) is 45.2 Å². The van der Waals surface area contributed by atoms with Gasteiger partial charge in [0.1, 0.15) is 5.75 Å². The summed E-state index contributed by atoms with van der Waals surface area (Å²) in [4.78, 5) is 28.5. The molecule has 0 unspecified atom stereocenters. The third kappa shape index (κ3) is 6.05. The minimum atomic E-state index is -0.129. The second kappa shape index (κ2) is 9.42. The molecule has 0 saturated carbocycles. The van der Waals surface area contributed by atoms with Gasteiger partial charge in [-0.1, -0.05) is 19.9 Å². The summed E-state index contributed by atoms with van der Waals surface area (Å²) in [7, 11) is 1.59. The second-order valence-corrected chi connectivity index (χ2v) is 6.65. The third-order valence-electron chi connectivity index (χ3n) is 4.66. The molecule has 138 valence electrons. The summed E-state index contributed by atoms with van der Waals surface area (Å²) in [5, 5.41) is 2.85. The zero-order chi connectivity index (χ0) is 18.2. The molecule has 0 aromatic heterocycles. The first-order valence-corrected chi connectivity index (χ1v) is 8.95. The molecule has 0 atom stereocenters. The van der Waals surface area contributed by atoms with Crippen molar-refractivity contribution in [1.82, 2.24) is 9.80 Å². The van der Waals surface area contributed by atoms with E-state index in [1.165, 1.54) is 0 Å². The van der Waals surface area contributed by atoms with Gasteiger partial charge in [0, 0.05) is 24.8 Å². The Morgan fingerprint density at radius 1 is 1.28 bits per heavy atom. The van der Waals surface area contributed by atoms with Gasteiger partial charge < -0.3 is 15.0 Å². The molecule has 0 bridgehead atoms. The van der Waals surface area contributed by atoms with Gasteiger partial charge in [-0.2, -0.15) is 0 Å². The van der Waals surface area contributed by atoms with E-state index < -0.39 is 0 Å². The van der Waals surface area contributed by atoms with Crippen LogP contribution in [0.5, 0.6) is 5.75 Å². The maximum absolute atomic E-state index is 12.4. The lowest BCUT2D eigenvalue weighted by Gasteiger charge is -2.32. The summed E-state index contributed by atoms with van der Waals surface area (Å²) in [6.07, 6.45) is 2.13. The Balaban J connectivity index is 1.83. The van der Waals surface area contributed by atoms with E-state index in [0.29, 0.717) is 23.9 Å². The first-order chi connectivity index (χ1) is 12.0. The summed E-state index contributed by atoms with van der Waals surface area (Å²) in [6, 6.07) is 7.24. The van der Waals surface area contributed by atoms with Gasteiger partial charge in [0.15, 0.2) is 0 Å². The van der Waals surface area contributed by atoms with Crippen molar-refractivity contribution in [3.8, 4) is 5.75 Å². The van der Waals surface area contributed by atoms with Gasteiger partial charge in [0.25, 0.3) is 0 Å². The van der Waals surface area contributed by atoms with E-state index in [9.17, 15) is 9.59 Å². The third-order valence-corrected chi connectivity index (χ3v) is 4.66. The maximum Gasteiger partial charge on any atom is 0.238 e. The normalized spacial score (nSPS) is 15.3. The number of hydrogen-bond acceptors (Lipinski definition) is 4. The van der Waals surface area contributed by atoms with Gasteiger partial charge >= 0.3 is 0 Å².